The van der Waals surface area contributed by atoms with Crippen molar-refractivity contribution in [2.45, 2.75) is 32.6 Å². The number of aryl methyl sites for hydroxylation is 1. The normalized spacial score (nSPS) is 15.7. The van der Waals surface area contributed by atoms with Gasteiger partial charge < -0.3 is 14.8 Å². The molecular weight excluding hydrogens is 358 g/mol. The first-order valence-electron chi connectivity index (χ1n) is 10.7. The Morgan fingerprint density at radius 2 is 2.00 bits per heavy atom. The molecule has 0 aliphatic carbocycles. The van der Waals surface area contributed by atoms with Crippen molar-refractivity contribution in [1.29, 1.82) is 0 Å². The number of nitrogens with one attached hydrogen (secondary N) is 1. The number of allylic oxidation sites excluding steroid dienone is 1. The number of nitrogens with zero attached hydrogens (tertiary/aromatic N) is 4. The van der Waals surface area contributed by atoms with Crippen molar-refractivity contribution in [3.63, 3.8) is 0 Å². The predicted molar refractivity (Wildman–Crippen MR) is 121 cm³/mol. The standard InChI is InChI=1S/C24H31N5/c1-4-5-10-29-11-8-19(9-12-29)18(2)27-24-14-22-13-20(6-7-21(22)15-26-24)23-16-25-17-28(23)3/h6-7,13-17,19H,2,4-5,8-12H2,1,3H3,(H,26,27). The van der Waals surface area contributed by atoms with Gasteiger partial charge in [-0.25, -0.2) is 9.97 Å². The first-order chi connectivity index (χ1) is 14.1. The Balaban J connectivity index is 1.44. The van der Waals surface area contributed by atoms with Crippen LogP contribution in [0.3, 0.4) is 0 Å². The number of unbranched alkanes of at least 4 members (excludes halogenated alkanes) is 1. The second-order valence-corrected chi connectivity index (χ2v) is 8.14. The van der Waals surface area contributed by atoms with Gasteiger partial charge in [0.05, 0.1) is 18.2 Å². The van der Waals surface area contributed by atoms with Gasteiger partial charge in [0.2, 0.25) is 0 Å². The number of benzene rings is 1. The molecule has 0 atom stereocenters. The molecule has 29 heavy (non-hydrogen) atoms. The molecule has 0 unspecified atom stereocenters. The molecule has 1 aliphatic rings. The summed E-state index contributed by atoms with van der Waals surface area (Å²) in [5, 5.41) is 5.79. The monoisotopic (exact) mass is 389 g/mol. The van der Waals surface area contributed by atoms with Crippen molar-refractivity contribution < 1.29 is 0 Å². The van der Waals surface area contributed by atoms with Gasteiger partial charge >= 0.3 is 0 Å². The van der Waals surface area contributed by atoms with Gasteiger partial charge in [-0.3, -0.25) is 0 Å². The number of anilines is 1. The molecule has 0 amide bonds. The number of imidazole rings is 1. The molecule has 152 valence electrons. The fourth-order valence-electron chi connectivity index (χ4n) is 4.16. The minimum absolute atomic E-state index is 0.520. The van der Waals surface area contributed by atoms with Crippen molar-refractivity contribution in [3.8, 4) is 11.3 Å². The molecule has 5 heteroatoms. The fraction of sp³-hybridized carbons (Fsp3) is 0.417. The maximum absolute atomic E-state index is 4.61. The van der Waals surface area contributed by atoms with Gasteiger partial charge in [0.1, 0.15) is 5.82 Å². The lowest BCUT2D eigenvalue weighted by Gasteiger charge is -2.33. The Morgan fingerprint density at radius 1 is 1.17 bits per heavy atom. The summed E-state index contributed by atoms with van der Waals surface area (Å²) >= 11 is 0. The molecule has 0 spiro atoms. The molecule has 1 saturated heterocycles. The summed E-state index contributed by atoms with van der Waals surface area (Å²) in [6, 6.07) is 8.57. The summed E-state index contributed by atoms with van der Waals surface area (Å²) in [5.41, 5.74) is 3.36. The molecule has 0 radical (unpaired) electrons. The van der Waals surface area contributed by atoms with Crippen LogP contribution in [0.2, 0.25) is 0 Å². The topological polar surface area (TPSA) is 46.0 Å². The van der Waals surface area contributed by atoms with Crippen LogP contribution < -0.4 is 5.32 Å². The zero-order valence-electron chi connectivity index (χ0n) is 17.6. The van der Waals surface area contributed by atoms with Gasteiger partial charge in [-0.05, 0) is 56.4 Å². The molecule has 3 aromatic rings. The molecule has 1 aliphatic heterocycles. The third-order valence-electron chi connectivity index (χ3n) is 6.03. The zero-order chi connectivity index (χ0) is 20.2. The van der Waals surface area contributed by atoms with E-state index in [1.165, 1.54) is 50.7 Å². The lowest BCUT2D eigenvalue weighted by molar-refractivity contribution is 0.197. The van der Waals surface area contributed by atoms with Crippen LogP contribution >= 0.6 is 0 Å². The predicted octanol–water partition coefficient (Wildman–Crippen LogP) is 5.07. The van der Waals surface area contributed by atoms with Crippen molar-refractivity contribution >= 4 is 16.6 Å². The molecule has 0 bridgehead atoms. The van der Waals surface area contributed by atoms with Gasteiger partial charge in [0.15, 0.2) is 0 Å². The SMILES string of the molecule is C=C(Nc1cc2cc(-c3cncn3C)ccc2cn1)C1CCN(CCCC)CC1. The highest BCUT2D eigenvalue weighted by molar-refractivity contribution is 5.88. The highest BCUT2D eigenvalue weighted by Crippen LogP contribution is 2.28. The Bertz CT molecular complexity index is 982. The van der Waals surface area contributed by atoms with E-state index in [4.69, 9.17) is 0 Å². The van der Waals surface area contributed by atoms with Crippen LogP contribution in [0.4, 0.5) is 5.82 Å². The van der Waals surface area contributed by atoms with Gasteiger partial charge in [-0.1, -0.05) is 32.1 Å². The molecular formula is C24H31N5. The van der Waals surface area contributed by atoms with Crippen LogP contribution in [-0.4, -0.2) is 39.1 Å². The maximum Gasteiger partial charge on any atom is 0.130 e. The lowest BCUT2D eigenvalue weighted by atomic mass is 9.94. The van der Waals surface area contributed by atoms with Crippen molar-refractivity contribution in [1.82, 2.24) is 19.4 Å². The third-order valence-corrected chi connectivity index (χ3v) is 6.03. The molecule has 1 N–H and O–H groups in total. The molecule has 2 aromatic heterocycles. The van der Waals surface area contributed by atoms with Crippen molar-refractivity contribution in [2.24, 2.45) is 13.0 Å². The smallest absolute Gasteiger partial charge is 0.130 e. The fourth-order valence-corrected chi connectivity index (χ4v) is 4.16. The van der Waals surface area contributed by atoms with Crippen LogP contribution in [0.5, 0.6) is 0 Å². The van der Waals surface area contributed by atoms with Gasteiger partial charge in [0, 0.05) is 35.8 Å². The highest BCUT2D eigenvalue weighted by atomic mass is 15.1. The van der Waals surface area contributed by atoms with E-state index >= 15 is 0 Å². The number of pyridine rings is 1. The largest absolute Gasteiger partial charge is 0.344 e. The Hall–Kier alpha value is -2.66. The highest BCUT2D eigenvalue weighted by Gasteiger charge is 2.21. The lowest BCUT2D eigenvalue weighted by Crippen LogP contribution is -2.35. The maximum atomic E-state index is 4.61. The molecule has 0 saturated carbocycles. The first kappa shape index (κ1) is 19.6. The molecule has 1 aromatic carbocycles. The van der Waals surface area contributed by atoms with E-state index in [1.807, 2.05) is 30.3 Å². The number of hydrogen-bond acceptors (Lipinski definition) is 4. The van der Waals surface area contributed by atoms with E-state index < -0.39 is 0 Å². The second-order valence-electron chi connectivity index (χ2n) is 8.14. The second kappa shape index (κ2) is 8.78. The Kier molecular flexibility index (Phi) is 5.95. The molecule has 3 heterocycles. The third kappa shape index (κ3) is 4.51. The first-order valence-corrected chi connectivity index (χ1v) is 10.7. The number of likely N-dealkylation sites (tertiary alicyclic amines) is 1. The Morgan fingerprint density at radius 3 is 2.72 bits per heavy atom. The van der Waals surface area contributed by atoms with Crippen LogP contribution in [0.1, 0.15) is 32.6 Å². The summed E-state index contributed by atoms with van der Waals surface area (Å²) < 4.78 is 2.04. The molecule has 1 fully saturated rings. The molecule has 4 rings (SSSR count). The van der Waals surface area contributed by atoms with E-state index in [1.54, 1.807) is 0 Å². The zero-order valence-corrected chi connectivity index (χ0v) is 17.6. The van der Waals surface area contributed by atoms with Crippen LogP contribution in [0.15, 0.2) is 55.3 Å². The van der Waals surface area contributed by atoms with Gasteiger partial charge in [0.25, 0.3) is 0 Å². The number of rotatable bonds is 7. The van der Waals surface area contributed by atoms with Crippen molar-refractivity contribution in [3.05, 3.63) is 55.3 Å². The summed E-state index contributed by atoms with van der Waals surface area (Å²) in [5.74, 6) is 1.39. The summed E-state index contributed by atoms with van der Waals surface area (Å²) in [6.45, 7) is 10.2. The summed E-state index contributed by atoms with van der Waals surface area (Å²) in [4.78, 5) is 11.4. The number of piperidine rings is 1. The average Bonchev–Trinajstić information content (AvgIpc) is 3.18. The number of aromatic nitrogens is 3. The number of hydrogen-bond donors (Lipinski definition) is 1. The van der Waals surface area contributed by atoms with Gasteiger partial charge in [-0.15, -0.1) is 0 Å². The van der Waals surface area contributed by atoms with Crippen LogP contribution in [-0.2, 0) is 7.05 Å². The van der Waals surface area contributed by atoms with Crippen LogP contribution in [0.25, 0.3) is 22.0 Å². The summed E-state index contributed by atoms with van der Waals surface area (Å²) in [7, 11) is 2.02. The molecule has 5 nitrogen and oxygen atoms in total. The van der Waals surface area contributed by atoms with E-state index in [2.05, 4.69) is 58.0 Å². The average molecular weight is 390 g/mol. The number of fused-ring (bicyclic) bond motifs is 1. The van der Waals surface area contributed by atoms with E-state index in [9.17, 15) is 0 Å². The van der Waals surface area contributed by atoms with Gasteiger partial charge in [-0.2, -0.15) is 0 Å². The van der Waals surface area contributed by atoms with E-state index in [-0.39, 0.29) is 0 Å². The van der Waals surface area contributed by atoms with Crippen LogP contribution in [0, 0.1) is 5.92 Å². The Labute approximate surface area is 173 Å². The van der Waals surface area contributed by atoms with E-state index in [0.717, 1.165) is 28.2 Å². The minimum atomic E-state index is 0.520. The van der Waals surface area contributed by atoms with E-state index in [0.29, 0.717) is 5.92 Å². The van der Waals surface area contributed by atoms with Crippen molar-refractivity contribution in [2.75, 3.05) is 25.0 Å². The summed E-state index contributed by atoms with van der Waals surface area (Å²) in [6.07, 6.45) is 10.6. The quantitative estimate of drug-likeness (QED) is 0.613. The minimum Gasteiger partial charge on any atom is -0.344 e.